The number of aromatic nitrogens is 1. The van der Waals surface area contributed by atoms with Crippen LogP contribution >= 0.6 is 11.6 Å². The third kappa shape index (κ3) is 2.92. The van der Waals surface area contributed by atoms with Crippen LogP contribution in [0.4, 0.5) is 0 Å². The fourth-order valence-corrected chi connectivity index (χ4v) is 2.46. The molecule has 0 radical (unpaired) electrons. The summed E-state index contributed by atoms with van der Waals surface area (Å²) < 4.78 is 2.09. The van der Waals surface area contributed by atoms with E-state index in [1.54, 1.807) is 13.8 Å². The Morgan fingerprint density at radius 1 is 1.37 bits per heavy atom. The first kappa shape index (κ1) is 13.9. The molecule has 0 saturated carbocycles. The molecule has 2 rings (SSSR count). The molecule has 0 amide bonds. The van der Waals surface area contributed by atoms with Gasteiger partial charge >= 0.3 is 5.97 Å². The van der Waals surface area contributed by atoms with Gasteiger partial charge in [0.05, 0.1) is 10.4 Å². The molecule has 0 aliphatic rings. The smallest absolute Gasteiger partial charge is 0.309 e. The van der Waals surface area contributed by atoms with Gasteiger partial charge in [-0.15, -0.1) is 0 Å². The predicted molar refractivity (Wildman–Crippen MR) is 77.6 cm³/mol. The monoisotopic (exact) mass is 279 g/mol. The highest BCUT2D eigenvalue weighted by Gasteiger charge is 2.26. The van der Waals surface area contributed by atoms with E-state index in [1.807, 2.05) is 30.5 Å². The molecule has 4 heteroatoms. The van der Waals surface area contributed by atoms with Gasteiger partial charge in [0.25, 0.3) is 0 Å². The molecule has 1 aromatic carbocycles. The second kappa shape index (κ2) is 5.25. The van der Waals surface area contributed by atoms with Crippen molar-refractivity contribution in [1.29, 1.82) is 0 Å². The van der Waals surface area contributed by atoms with E-state index >= 15 is 0 Å². The summed E-state index contributed by atoms with van der Waals surface area (Å²) in [4.78, 5) is 11.1. The Morgan fingerprint density at radius 2 is 2.05 bits per heavy atom. The van der Waals surface area contributed by atoms with E-state index in [4.69, 9.17) is 16.7 Å². The van der Waals surface area contributed by atoms with Gasteiger partial charge in [-0.25, -0.2) is 0 Å². The van der Waals surface area contributed by atoms with Gasteiger partial charge in [-0.05, 0) is 32.8 Å². The molecule has 1 N–H and O–H groups in total. The fourth-order valence-electron chi connectivity index (χ4n) is 2.19. The highest BCUT2D eigenvalue weighted by molar-refractivity contribution is 6.35. The van der Waals surface area contributed by atoms with Crippen LogP contribution in [-0.4, -0.2) is 15.6 Å². The summed E-state index contributed by atoms with van der Waals surface area (Å²) in [5.74, 6) is -0.747. The van der Waals surface area contributed by atoms with Crippen molar-refractivity contribution in [3.63, 3.8) is 0 Å². The molecular formula is C15H18ClNO2. The number of aryl methyl sites for hydroxylation is 1. The lowest BCUT2D eigenvalue weighted by Gasteiger charge is -2.18. The van der Waals surface area contributed by atoms with Crippen LogP contribution in [-0.2, 0) is 11.3 Å². The molecule has 0 saturated heterocycles. The molecule has 0 aliphatic heterocycles. The van der Waals surface area contributed by atoms with Crippen molar-refractivity contribution in [3.8, 4) is 0 Å². The van der Waals surface area contributed by atoms with E-state index in [0.717, 1.165) is 28.9 Å². The number of carboxylic acid groups (broad SMARTS) is 1. The summed E-state index contributed by atoms with van der Waals surface area (Å²) >= 11 is 6.18. The van der Waals surface area contributed by atoms with Gasteiger partial charge in [-0.3, -0.25) is 4.79 Å². The Bertz CT molecular complexity index is 601. The molecule has 1 heterocycles. The molecular weight excluding hydrogens is 262 g/mol. The molecule has 2 aromatic rings. The quantitative estimate of drug-likeness (QED) is 0.892. The van der Waals surface area contributed by atoms with E-state index < -0.39 is 11.4 Å². The number of carbonyl (C=O) groups is 1. The van der Waals surface area contributed by atoms with Crippen LogP contribution in [0.25, 0.3) is 10.9 Å². The molecule has 0 aliphatic carbocycles. The second-order valence-corrected chi connectivity index (χ2v) is 5.89. The fraction of sp³-hybridized carbons (Fsp3) is 0.400. The number of carboxylic acids is 1. The van der Waals surface area contributed by atoms with Crippen molar-refractivity contribution >= 4 is 28.5 Å². The largest absolute Gasteiger partial charge is 0.481 e. The van der Waals surface area contributed by atoms with Gasteiger partial charge in [0.2, 0.25) is 0 Å². The van der Waals surface area contributed by atoms with Crippen LogP contribution in [0.2, 0.25) is 5.02 Å². The standard InChI is InChI=1S/C15H18ClNO2/c1-15(2,14(18)19)8-5-9-17-10-12(16)11-6-3-4-7-13(11)17/h3-4,6-7,10H,5,8-9H2,1-2H3,(H,18,19). The zero-order valence-electron chi connectivity index (χ0n) is 11.2. The van der Waals surface area contributed by atoms with Gasteiger partial charge in [-0.2, -0.15) is 0 Å². The van der Waals surface area contributed by atoms with Crippen LogP contribution < -0.4 is 0 Å². The lowest BCUT2D eigenvalue weighted by molar-refractivity contribution is -0.147. The number of halogens is 1. The van der Waals surface area contributed by atoms with Crippen LogP contribution in [0.3, 0.4) is 0 Å². The van der Waals surface area contributed by atoms with E-state index in [0.29, 0.717) is 6.42 Å². The van der Waals surface area contributed by atoms with E-state index in [2.05, 4.69) is 4.57 Å². The van der Waals surface area contributed by atoms with Gasteiger partial charge in [0, 0.05) is 23.6 Å². The minimum absolute atomic E-state index is 0.645. The lowest BCUT2D eigenvalue weighted by Crippen LogP contribution is -2.23. The first-order chi connectivity index (χ1) is 8.92. The van der Waals surface area contributed by atoms with Gasteiger partial charge < -0.3 is 9.67 Å². The summed E-state index contributed by atoms with van der Waals surface area (Å²) in [7, 11) is 0. The number of aliphatic carboxylic acids is 1. The number of nitrogens with zero attached hydrogens (tertiary/aromatic N) is 1. The average Bonchev–Trinajstić information content (AvgIpc) is 2.67. The molecule has 19 heavy (non-hydrogen) atoms. The number of hydrogen-bond acceptors (Lipinski definition) is 1. The van der Waals surface area contributed by atoms with Gasteiger partial charge in [0.1, 0.15) is 0 Å². The maximum absolute atomic E-state index is 11.1. The van der Waals surface area contributed by atoms with Crippen LogP contribution in [0.1, 0.15) is 26.7 Å². The maximum atomic E-state index is 11.1. The molecule has 0 unspecified atom stereocenters. The Hall–Kier alpha value is -1.48. The van der Waals surface area contributed by atoms with Crippen molar-refractivity contribution in [2.75, 3.05) is 0 Å². The summed E-state index contributed by atoms with van der Waals surface area (Å²) in [5, 5.41) is 10.9. The number of benzene rings is 1. The zero-order valence-corrected chi connectivity index (χ0v) is 11.9. The van der Waals surface area contributed by atoms with E-state index in [9.17, 15) is 4.79 Å². The molecule has 3 nitrogen and oxygen atoms in total. The van der Waals surface area contributed by atoms with Crippen LogP contribution in [0, 0.1) is 5.41 Å². The Labute approximate surface area is 117 Å². The summed E-state index contributed by atoms with van der Waals surface area (Å²) in [6, 6.07) is 7.97. The van der Waals surface area contributed by atoms with Crippen molar-refractivity contribution < 1.29 is 9.90 Å². The number of para-hydroxylation sites is 1. The van der Waals surface area contributed by atoms with Crippen molar-refractivity contribution in [1.82, 2.24) is 4.57 Å². The number of rotatable bonds is 5. The van der Waals surface area contributed by atoms with E-state index in [-0.39, 0.29) is 0 Å². The zero-order chi connectivity index (χ0) is 14.0. The topological polar surface area (TPSA) is 42.2 Å². The first-order valence-electron chi connectivity index (χ1n) is 6.38. The van der Waals surface area contributed by atoms with Gasteiger partial charge in [0.15, 0.2) is 0 Å². The summed E-state index contributed by atoms with van der Waals surface area (Å²) in [5.41, 5.74) is 0.424. The molecule has 0 bridgehead atoms. The molecule has 102 valence electrons. The first-order valence-corrected chi connectivity index (χ1v) is 6.76. The molecule has 0 atom stereocenters. The van der Waals surface area contributed by atoms with Crippen LogP contribution in [0.15, 0.2) is 30.5 Å². The van der Waals surface area contributed by atoms with Crippen molar-refractivity contribution in [2.24, 2.45) is 5.41 Å². The number of hydrogen-bond donors (Lipinski definition) is 1. The summed E-state index contributed by atoms with van der Waals surface area (Å²) in [6.07, 6.45) is 3.38. The Morgan fingerprint density at radius 3 is 2.74 bits per heavy atom. The average molecular weight is 280 g/mol. The highest BCUT2D eigenvalue weighted by atomic mass is 35.5. The van der Waals surface area contributed by atoms with Gasteiger partial charge in [-0.1, -0.05) is 29.8 Å². The minimum atomic E-state index is -0.747. The van der Waals surface area contributed by atoms with Crippen molar-refractivity contribution in [2.45, 2.75) is 33.2 Å². The second-order valence-electron chi connectivity index (χ2n) is 5.48. The van der Waals surface area contributed by atoms with Crippen LogP contribution in [0.5, 0.6) is 0 Å². The Balaban J connectivity index is 2.09. The third-order valence-electron chi connectivity index (χ3n) is 3.52. The van der Waals surface area contributed by atoms with Crippen molar-refractivity contribution in [3.05, 3.63) is 35.5 Å². The third-order valence-corrected chi connectivity index (χ3v) is 3.82. The van der Waals surface area contributed by atoms with E-state index in [1.165, 1.54) is 0 Å². The maximum Gasteiger partial charge on any atom is 0.309 e. The normalized spacial score (nSPS) is 11.9. The highest BCUT2D eigenvalue weighted by Crippen LogP contribution is 2.27. The minimum Gasteiger partial charge on any atom is -0.481 e. The molecule has 0 spiro atoms. The Kier molecular flexibility index (Phi) is 3.85. The summed E-state index contributed by atoms with van der Waals surface area (Å²) in [6.45, 7) is 4.30. The molecule has 0 fully saturated rings. The SMILES string of the molecule is CC(C)(CCCn1cc(Cl)c2ccccc21)C(=O)O. The predicted octanol–water partition coefficient (Wildman–Crippen LogP) is 4.19. The number of fused-ring (bicyclic) bond motifs is 1. The lowest BCUT2D eigenvalue weighted by atomic mass is 9.88. The molecule has 1 aromatic heterocycles.